The Labute approximate surface area is 121 Å². The van der Waals surface area contributed by atoms with Crippen molar-refractivity contribution >= 4 is 11.7 Å². The molecule has 0 N–H and O–H groups in total. The van der Waals surface area contributed by atoms with Crippen LogP contribution in [-0.4, -0.2) is 37.4 Å². The fourth-order valence-electron chi connectivity index (χ4n) is 2.14. The van der Waals surface area contributed by atoms with Gasteiger partial charge in [0, 0.05) is 18.4 Å². The summed E-state index contributed by atoms with van der Waals surface area (Å²) in [4.78, 5) is 22.3. The standard InChI is InChI=1S/C14H15N5O2/c1-9-7-10(2)19-14(15-9)16-12(17-19)13(20)18(3)8-11-5-4-6-21-11/h4-7H,8H2,1-3H3. The zero-order valence-electron chi connectivity index (χ0n) is 12.1. The number of aryl methyl sites for hydroxylation is 2. The van der Waals surface area contributed by atoms with Gasteiger partial charge in [-0.3, -0.25) is 4.79 Å². The number of carbonyl (C=O) groups excluding carboxylic acids is 1. The van der Waals surface area contributed by atoms with Gasteiger partial charge in [-0.2, -0.15) is 4.98 Å². The number of rotatable bonds is 3. The van der Waals surface area contributed by atoms with Gasteiger partial charge in [0.15, 0.2) is 0 Å². The molecule has 21 heavy (non-hydrogen) atoms. The largest absolute Gasteiger partial charge is 0.467 e. The molecule has 0 atom stereocenters. The van der Waals surface area contributed by atoms with Crippen molar-refractivity contribution in [1.82, 2.24) is 24.5 Å². The first kappa shape index (κ1) is 13.3. The number of hydrogen-bond acceptors (Lipinski definition) is 5. The molecule has 3 aromatic rings. The van der Waals surface area contributed by atoms with Gasteiger partial charge >= 0.3 is 0 Å². The number of amides is 1. The second-order valence-corrected chi connectivity index (χ2v) is 4.93. The fraction of sp³-hybridized carbons (Fsp3) is 0.286. The Hall–Kier alpha value is -2.70. The van der Waals surface area contributed by atoms with Crippen molar-refractivity contribution in [2.24, 2.45) is 0 Å². The van der Waals surface area contributed by atoms with E-state index in [9.17, 15) is 4.79 Å². The van der Waals surface area contributed by atoms with Gasteiger partial charge in [0.1, 0.15) is 5.76 Å². The Kier molecular flexibility index (Phi) is 3.17. The fourth-order valence-corrected chi connectivity index (χ4v) is 2.14. The van der Waals surface area contributed by atoms with E-state index in [4.69, 9.17) is 4.42 Å². The topological polar surface area (TPSA) is 76.5 Å². The number of hydrogen-bond donors (Lipinski definition) is 0. The van der Waals surface area contributed by atoms with Gasteiger partial charge in [-0.05, 0) is 32.0 Å². The Morgan fingerprint density at radius 1 is 1.38 bits per heavy atom. The highest BCUT2D eigenvalue weighted by Gasteiger charge is 2.19. The highest BCUT2D eigenvalue weighted by atomic mass is 16.3. The van der Waals surface area contributed by atoms with E-state index in [1.165, 1.54) is 4.90 Å². The average molecular weight is 285 g/mol. The van der Waals surface area contributed by atoms with E-state index in [-0.39, 0.29) is 11.7 Å². The van der Waals surface area contributed by atoms with Crippen molar-refractivity contribution in [1.29, 1.82) is 0 Å². The van der Waals surface area contributed by atoms with Gasteiger partial charge in [-0.15, -0.1) is 5.10 Å². The third-order valence-corrected chi connectivity index (χ3v) is 3.13. The van der Waals surface area contributed by atoms with Gasteiger partial charge in [0.25, 0.3) is 11.7 Å². The first-order valence-corrected chi connectivity index (χ1v) is 6.53. The van der Waals surface area contributed by atoms with Crippen LogP contribution in [0.3, 0.4) is 0 Å². The summed E-state index contributed by atoms with van der Waals surface area (Å²) in [5, 5.41) is 4.22. The molecule has 3 heterocycles. The third-order valence-electron chi connectivity index (χ3n) is 3.13. The number of carbonyl (C=O) groups is 1. The summed E-state index contributed by atoms with van der Waals surface area (Å²) < 4.78 is 6.80. The molecule has 108 valence electrons. The zero-order chi connectivity index (χ0) is 15.0. The normalized spacial score (nSPS) is 11.0. The van der Waals surface area contributed by atoms with Crippen LogP contribution in [0.15, 0.2) is 28.9 Å². The summed E-state index contributed by atoms with van der Waals surface area (Å²) in [5.74, 6) is 1.00. The van der Waals surface area contributed by atoms with Crippen molar-refractivity contribution in [3.63, 3.8) is 0 Å². The highest BCUT2D eigenvalue weighted by Crippen LogP contribution is 2.09. The molecule has 3 rings (SSSR count). The lowest BCUT2D eigenvalue weighted by Gasteiger charge is -2.12. The maximum Gasteiger partial charge on any atom is 0.293 e. The highest BCUT2D eigenvalue weighted by molar-refractivity contribution is 5.90. The molecule has 0 radical (unpaired) electrons. The predicted octanol–water partition coefficient (Wildman–Crippen LogP) is 1.61. The van der Waals surface area contributed by atoms with Crippen molar-refractivity contribution < 1.29 is 9.21 Å². The van der Waals surface area contributed by atoms with Crippen LogP contribution >= 0.6 is 0 Å². The minimum atomic E-state index is -0.269. The molecule has 0 saturated heterocycles. The molecule has 0 aliphatic rings. The molecule has 7 heteroatoms. The molecule has 0 bridgehead atoms. The van der Waals surface area contributed by atoms with E-state index < -0.39 is 0 Å². The Morgan fingerprint density at radius 2 is 2.19 bits per heavy atom. The second kappa shape index (κ2) is 5.01. The number of aromatic nitrogens is 4. The van der Waals surface area contributed by atoms with E-state index in [0.29, 0.717) is 18.1 Å². The van der Waals surface area contributed by atoms with Crippen LogP contribution in [0.5, 0.6) is 0 Å². The number of fused-ring (bicyclic) bond motifs is 1. The summed E-state index contributed by atoms with van der Waals surface area (Å²) in [6, 6.07) is 5.49. The van der Waals surface area contributed by atoms with E-state index in [1.807, 2.05) is 26.0 Å². The molecule has 0 fully saturated rings. The number of furan rings is 1. The summed E-state index contributed by atoms with van der Waals surface area (Å²) in [5.41, 5.74) is 1.73. The van der Waals surface area contributed by atoms with Crippen LogP contribution in [0.2, 0.25) is 0 Å². The van der Waals surface area contributed by atoms with Gasteiger partial charge in [0.05, 0.1) is 12.8 Å². The van der Waals surface area contributed by atoms with Gasteiger partial charge in [-0.1, -0.05) is 0 Å². The molecule has 0 aromatic carbocycles. The molecule has 1 amide bonds. The molecule has 7 nitrogen and oxygen atoms in total. The van der Waals surface area contributed by atoms with E-state index >= 15 is 0 Å². The maximum absolute atomic E-state index is 12.4. The lowest BCUT2D eigenvalue weighted by atomic mass is 10.4. The van der Waals surface area contributed by atoms with Crippen molar-refractivity contribution in [3.8, 4) is 0 Å². The molecule has 3 aromatic heterocycles. The smallest absolute Gasteiger partial charge is 0.293 e. The Morgan fingerprint density at radius 3 is 2.90 bits per heavy atom. The monoisotopic (exact) mass is 285 g/mol. The van der Waals surface area contributed by atoms with Crippen molar-refractivity contribution in [2.45, 2.75) is 20.4 Å². The van der Waals surface area contributed by atoms with Crippen LogP contribution in [0.4, 0.5) is 0 Å². The first-order chi connectivity index (χ1) is 10.0. The van der Waals surface area contributed by atoms with E-state index in [1.54, 1.807) is 23.9 Å². The van der Waals surface area contributed by atoms with Gasteiger partial charge in [0.2, 0.25) is 5.82 Å². The lowest BCUT2D eigenvalue weighted by Crippen LogP contribution is -2.27. The second-order valence-electron chi connectivity index (χ2n) is 4.93. The summed E-state index contributed by atoms with van der Waals surface area (Å²) >= 11 is 0. The molecule has 0 aliphatic carbocycles. The van der Waals surface area contributed by atoms with Gasteiger partial charge < -0.3 is 9.32 Å². The summed E-state index contributed by atoms with van der Waals surface area (Å²) in [7, 11) is 1.68. The molecular formula is C14H15N5O2. The third kappa shape index (κ3) is 2.49. The summed E-state index contributed by atoms with van der Waals surface area (Å²) in [6.45, 7) is 4.15. The molecule has 0 saturated carbocycles. The molecular weight excluding hydrogens is 270 g/mol. The maximum atomic E-state index is 12.4. The van der Waals surface area contributed by atoms with E-state index in [2.05, 4.69) is 15.1 Å². The van der Waals surface area contributed by atoms with Crippen LogP contribution < -0.4 is 0 Å². The molecule has 0 spiro atoms. The van der Waals surface area contributed by atoms with Gasteiger partial charge in [-0.25, -0.2) is 9.50 Å². The average Bonchev–Trinajstić information content (AvgIpc) is 3.06. The van der Waals surface area contributed by atoms with Crippen LogP contribution in [0, 0.1) is 13.8 Å². The minimum absolute atomic E-state index is 0.130. The molecule has 0 aliphatic heterocycles. The predicted molar refractivity (Wildman–Crippen MR) is 74.8 cm³/mol. The van der Waals surface area contributed by atoms with Crippen molar-refractivity contribution in [3.05, 3.63) is 47.4 Å². The zero-order valence-corrected chi connectivity index (χ0v) is 12.1. The van der Waals surface area contributed by atoms with Crippen LogP contribution in [-0.2, 0) is 6.54 Å². The Balaban J connectivity index is 1.89. The van der Waals surface area contributed by atoms with Crippen LogP contribution in [0.25, 0.3) is 5.78 Å². The Bertz CT molecular complexity index is 791. The SMILES string of the molecule is Cc1cc(C)n2nc(C(=O)N(C)Cc3ccco3)nc2n1. The van der Waals surface area contributed by atoms with Crippen molar-refractivity contribution in [2.75, 3.05) is 7.05 Å². The van der Waals surface area contributed by atoms with Crippen LogP contribution in [0.1, 0.15) is 27.8 Å². The number of nitrogens with zero attached hydrogens (tertiary/aromatic N) is 5. The molecule has 0 unspecified atom stereocenters. The lowest BCUT2D eigenvalue weighted by molar-refractivity contribution is 0.0763. The minimum Gasteiger partial charge on any atom is -0.467 e. The quantitative estimate of drug-likeness (QED) is 0.730. The first-order valence-electron chi connectivity index (χ1n) is 6.53. The van der Waals surface area contributed by atoms with E-state index in [0.717, 1.165) is 11.4 Å². The summed E-state index contributed by atoms with van der Waals surface area (Å²) in [6.07, 6.45) is 1.58.